The fraction of sp³-hybridized carbons (Fsp3) is 0.588. The molecule has 2 atom stereocenters. The second-order valence-electron chi connectivity index (χ2n) is 5.28. The van der Waals surface area contributed by atoms with Crippen LogP contribution in [0.15, 0.2) is 30.3 Å². The number of halogens is 4. The molecule has 0 spiro atoms. The zero-order chi connectivity index (χ0) is 18.0. The molecule has 0 aliphatic rings. The van der Waals surface area contributed by atoms with Crippen LogP contribution in [0.2, 0.25) is 0 Å². The summed E-state index contributed by atoms with van der Waals surface area (Å²) in [4.78, 5) is 11.0. The topological polar surface area (TPSA) is 35.5 Å². The van der Waals surface area contributed by atoms with Crippen molar-refractivity contribution in [2.75, 3.05) is 13.2 Å². The van der Waals surface area contributed by atoms with Crippen LogP contribution in [-0.4, -0.2) is 37.6 Å². The molecule has 0 aliphatic heterocycles. The van der Waals surface area contributed by atoms with Crippen molar-refractivity contribution < 1.29 is 31.8 Å². The molecule has 7 heteroatoms. The van der Waals surface area contributed by atoms with Gasteiger partial charge < -0.3 is 9.47 Å². The van der Waals surface area contributed by atoms with Gasteiger partial charge in [-0.05, 0) is 25.3 Å². The van der Waals surface area contributed by atoms with Gasteiger partial charge >= 0.3 is 5.97 Å². The van der Waals surface area contributed by atoms with Crippen LogP contribution in [0, 0.1) is 0 Å². The van der Waals surface area contributed by atoms with Crippen LogP contribution < -0.4 is 0 Å². The number of esters is 1. The molecular formula is C17H22F4O3. The van der Waals surface area contributed by atoms with Gasteiger partial charge in [-0.15, -0.1) is 0 Å². The van der Waals surface area contributed by atoms with E-state index in [9.17, 15) is 22.4 Å². The minimum atomic E-state index is -3.99. The van der Waals surface area contributed by atoms with Gasteiger partial charge in [0.1, 0.15) is 0 Å². The summed E-state index contributed by atoms with van der Waals surface area (Å²) < 4.78 is 63.1. The highest BCUT2D eigenvalue weighted by molar-refractivity contribution is 5.69. The second-order valence-corrected chi connectivity index (χ2v) is 5.28. The molecule has 0 saturated heterocycles. The predicted molar refractivity (Wildman–Crippen MR) is 81.3 cm³/mol. The minimum absolute atomic E-state index is 0.0414. The number of benzene rings is 1. The van der Waals surface area contributed by atoms with E-state index in [0.717, 1.165) is 5.56 Å². The molecule has 0 aliphatic carbocycles. The number of ether oxygens (including phenoxy) is 2. The lowest BCUT2D eigenvalue weighted by Crippen LogP contribution is -2.39. The van der Waals surface area contributed by atoms with Crippen LogP contribution in [-0.2, 0) is 20.7 Å². The number of carbonyl (C=O) groups is 1. The van der Waals surface area contributed by atoms with E-state index >= 15 is 0 Å². The molecular weight excluding hydrogens is 328 g/mol. The van der Waals surface area contributed by atoms with Crippen LogP contribution in [0.3, 0.4) is 0 Å². The Kier molecular flexibility index (Phi) is 8.74. The number of hydrogen-bond acceptors (Lipinski definition) is 3. The van der Waals surface area contributed by atoms with Crippen molar-refractivity contribution in [2.24, 2.45) is 0 Å². The SMILES string of the molecule is CCOC(=O)CCC(F)(F)C(F)C(F)OCCCc1ccccc1. The maximum Gasteiger partial charge on any atom is 0.305 e. The second kappa shape index (κ2) is 10.3. The molecule has 136 valence electrons. The van der Waals surface area contributed by atoms with Gasteiger partial charge in [0.15, 0.2) is 0 Å². The van der Waals surface area contributed by atoms with E-state index in [0.29, 0.717) is 12.8 Å². The Morgan fingerprint density at radius 3 is 2.50 bits per heavy atom. The van der Waals surface area contributed by atoms with Crippen molar-refractivity contribution in [1.82, 2.24) is 0 Å². The molecule has 24 heavy (non-hydrogen) atoms. The van der Waals surface area contributed by atoms with E-state index in [-0.39, 0.29) is 13.2 Å². The summed E-state index contributed by atoms with van der Waals surface area (Å²) in [6.45, 7) is 1.39. The van der Waals surface area contributed by atoms with Gasteiger partial charge in [0, 0.05) is 6.42 Å². The lowest BCUT2D eigenvalue weighted by Gasteiger charge is -2.23. The van der Waals surface area contributed by atoms with Crippen molar-refractivity contribution in [3.8, 4) is 0 Å². The normalized spacial score (nSPS) is 14.2. The van der Waals surface area contributed by atoms with Gasteiger partial charge in [-0.3, -0.25) is 4.79 Å². The van der Waals surface area contributed by atoms with E-state index in [1.54, 1.807) is 0 Å². The first-order chi connectivity index (χ1) is 11.4. The van der Waals surface area contributed by atoms with Crippen LogP contribution >= 0.6 is 0 Å². The summed E-state index contributed by atoms with van der Waals surface area (Å²) in [6.07, 6.45) is -6.71. The van der Waals surface area contributed by atoms with E-state index in [2.05, 4.69) is 9.47 Å². The summed E-state index contributed by atoms with van der Waals surface area (Å²) in [5, 5.41) is 0. The highest BCUT2D eigenvalue weighted by atomic mass is 19.3. The lowest BCUT2D eigenvalue weighted by molar-refractivity contribution is -0.180. The largest absolute Gasteiger partial charge is 0.466 e. The van der Waals surface area contributed by atoms with Gasteiger partial charge in [0.25, 0.3) is 5.92 Å². The molecule has 0 radical (unpaired) electrons. The summed E-state index contributed by atoms with van der Waals surface area (Å²) in [6, 6.07) is 9.28. The molecule has 0 N–H and O–H groups in total. The van der Waals surface area contributed by atoms with E-state index in [1.807, 2.05) is 30.3 Å². The Bertz CT molecular complexity index is 482. The number of carbonyl (C=O) groups excluding carboxylic acids is 1. The molecule has 2 unspecified atom stereocenters. The Balaban J connectivity index is 2.31. The average molecular weight is 350 g/mol. The monoisotopic (exact) mass is 350 g/mol. The molecule has 1 rings (SSSR count). The van der Waals surface area contributed by atoms with Crippen molar-refractivity contribution in [2.45, 2.75) is 51.1 Å². The molecule has 0 amide bonds. The zero-order valence-electron chi connectivity index (χ0n) is 13.5. The van der Waals surface area contributed by atoms with Crippen LogP contribution in [0.25, 0.3) is 0 Å². The Labute approximate surface area is 138 Å². The number of alkyl halides is 4. The summed E-state index contributed by atoms with van der Waals surface area (Å²) in [5.41, 5.74) is 0.994. The Hall–Kier alpha value is -1.63. The fourth-order valence-electron chi connectivity index (χ4n) is 2.03. The highest BCUT2D eigenvalue weighted by Crippen LogP contribution is 2.31. The van der Waals surface area contributed by atoms with Crippen molar-refractivity contribution >= 4 is 5.97 Å². The van der Waals surface area contributed by atoms with Crippen molar-refractivity contribution in [3.63, 3.8) is 0 Å². The number of rotatable bonds is 11. The molecule has 0 fully saturated rings. The molecule has 0 saturated carbocycles. The minimum Gasteiger partial charge on any atom is -0.466 e. The third-order valence-corrected chi connectivity index (χ3v) is 3.33. The highest BCUT2D eigenvalue weighted by Gasteiger charge is 2.46. The van der Waals surface area contributed by atoms with E-state index in [1.165, 1.54) is 6.92 Å². The van der Waals surface area contributed by atoms with E-state index in [4.69, 9.17) is 0 Å². The first kappa shape index (κ1) is 20.4. The van der Waals surface area contributed by atoms with Gasteiger partial charge in [0.05, 0.1) is 19.6 Å². The molecule has 3 nitrogen and oxygen atoms in total. The first-order valence-electron chi connectivity index (χ1n) is 7.84. The molecule has 0 aromatic heterocycles. The smallest absolute Gasteiger partial charge is 0.305 e. The van der Waals surface area contributed by atoms with Gasteiger partial charge in [0.2, 0.25) is 12.5 Å². The van der Waals surface area contributed by atoms with Gasteiger partial charge in [-0.1, -0.05) is 30.3 Å². The maximum atomic E-state index is 13.6. The fourth-order valence-corrected chi connectivity index (χ4v) is 2.03. The lowest BCUT2D eigenvalue weighted by atomic mass is 10.1. The summed E-state index contributed by atoms with van der Waals surface area (Å²) in [5.74, 6) is -4.87. The van der Waals surface area contributed by atoms with Crippen LogP contribution in [0.1, 0.15) is 31.7 Å². The number of hydrogen-bond donors (Lipinski definition) is 0. The van der Waals surface area contributed by atoms with Gasteiger partial charge in [-0.25, -0.2) is 17.6 Å². The Morgan fingerprint density at radius 2 is 1.88 bits per heavy atom. The summed E-state index contributed by atoms with van der Waals surface area (Å²) >= 11 is 0. The number of aryl methyl sites for hydroxylation is 1. The Morgan fingerprint density at radius 1 is 1.21 bits per heavy atom. The molecule has 1 aromatic carbocycles. The average Bonchev–Trinajstić information content (AvgIpc) is 2.57. The molecule has 0 heterocycles. The molecule has 1 aromatic rings. The quantitative estimate of drug-likeness (QED) is 0.340. The third-order valence-electron chi connectivity index (χ3n) is 3.33. The standard InChI is InChI=1S/C17H22F4O3/c1-2-23-14(22)10-11-17(20,21)15(18)16(19)24-12-6-9-13-7-4-3-5-8-13/h3-5,7-8,15-16H,2,6,9-12H2,1H3. The summed E-state index contributed by atoms with van der Waals surface area (Å²) in [7, 11) is 0. The van der Waals surface area contributed by atoms with Crippen molar-refractivity contribution in [1.29, 1.82) is 0 Å². The van der Waals surface area contributed by atoms with Gasteiger partial charge in [-0.2, -0.15) is 0 Å². The van der Waals surface area contributed by atoms with Crippen LogP contribution in [0.5, 0.6) is 0 Å². The van der Waals surface area contributed by atoms with E-state index < -0.39 is 37.3 Å². The van der Waals surface area contributed by atoms with Crippen LogP contribution in [0.4, 0.5) is 17.6 Å². The van der Waals surface area contributed by atoms with Crippen molar-refractivity contribution in [3.05, 3.63) is 35.9 Å². The molecule has 0 bridgehead atoms. The maximum absolute atomic E-state index is 13.6. The first-order valence-corrected chi connectivity index (χ1v) is 7.84. The predicted octanol–water partition coefficient (Wildman–Crippen LogP) is 4.25. The zero-order valence-corrected chi connectivity index (χ0v) is 13.5. The third kappa shape index (κ3) is 7.29.